The number of carbonyl (C=O) groups is 2. The minimum Gasteiger partial charge on any atom is -0.394 e. The van der Waals surface area contributed by atoms with Gasteiger partial charge in [-0.05, 0) is 0 Å². The maximum absolute atomic E-state index is 12.8. The van der Waals surface area contributed by atoms with Gasteiger partial charge in [-0.25, -0.2) is 0 Å². The van der Waals surface area contributed by atoms with Crippen molar-refractivity contribution in [1.82, 2.24) is 10.6 Å². The Hall–Kier alpha value is -2.62. The highest BCUT2D eigenvalue weighted by Gasteiger charge is 2.59. The lowest BCUT2D eigenvalue weighted by Gasteiger charge is -2.50. The normalized spacial score (nSPS) is 50.2. The van der Waals surface area contributed by atoms with E-state index in [2.05, 4.69) is 10.6 Å². The molecule has 8 fully saturated rings. The van der Waals surface area contributed by atoms with E-state index in [-0.39, 0.29) is 0 Å². The predicted octanol–water partition coefficient (Wildman–Crippen LogP) is -18.2. The second-order valence-corrected chi connectivity index (χ2v) is 23.9. The average Bonchev–Trinajstić information content (AvgIpc) is 1.27. The van der Waals surface area contributed by atoms with E-state index < -0.39 is 310 Å². The number of aliphatic hydroxyl groups excluding tert-OH is 24. The summed E-state index contributed by atoms with van der Waals surface area (Å²) in [6, 6.07) is -3.44. The third kappa shape index (κ3) is 17.0. The molecule has 0 aromatic rings. The number of amides is 2. The summed E-state index contributed by atoms with van der Waals surface area (Å²) in [5.74, 6) is -1.65. The van der Waals surface area contributed by atoms with Crippen LogP contribution < -0.4 is 10.6 Å². The molecule has 43 heteroatoms. The fraction of sp³-hybridized carbons (Fsp3) is 0.962. The fourth-order valence-corrected chi connectivity index (χ4v) is 12.1. The van der Waals surface area contributed by atoms with Crippen molar-refractivity contribution in [2.24, 2.45) is 0 Å². The summed E-state index contributed by atoms with van der Waals surface area (Å²) < 4.78 is 86.6. The van der Waals surface area contributed by atoms with Crippen LogP contribution in [0.3, 0.4) is 0 Å². The first kappa shape index (κ1) is 78.1. The van der Waals surface area contributed by atoms with Crippen LogP contribution in [-0.2, 0) is 80.6 Å². The number of hydrogen-bond acceptors (Lipinski definition) is 41. The van der Waals surface area contributed by atoms with Gasteiger partial charge in [0.05, 0.1) is 52.9 Å². The van der Waals surface area contributed by atoms with E-state index in [9.17, 15) is 132 Å². The summed E-state index contributed by atoms with van der Waals surface area (Å²) in [5.41, 5.74) is 0. The van der Waals surface area contributed by atoms with Gasteiger partial charge in [0.2, 0.25) is 11.8 Å². The molecule has 0 aromatic heterocycles. The van der Waals surface area contributed by atoms with E-state index >= 15 is 0 Å². The van der Waals surface area contributed by atoms with E-state index in [4.69, 9.17) is 71.1 Å². The molecule has 0 bridgehead atoms. The van der Waals surface area contributed by atoms with Crippen LogP contribution in [0.4, 0.5) is 0 Å². The Bertz CT molecular complexity index is 2380. The third-order valence-corrected chi connectivity index (χ3v) is 17.4. The lowest BCUT2D eigenvalue weighted by Crippen LogP contribution is -2.70. The summed E-state index contributed by atoms with van der Waals surface area (Å²) in [7, 11) is 0. The van der Waals surface area contributed by atoms with Gasteiger partial charge in [-0.1, -0.05) is 0 Å². The largest absolute Gasteiger partial charge is 0.394 e. The first-order valence-electron chi connectivity index (χ1n) is 30.1. The number of hydrogen-bond donors (Lipinski definition) is 26. The molecule has 8 aliphatic rings. The standard InChI is InChI=1S/C52H88N2O41/c1-11(61)53-21-28(69)40(17(7-59)83-45(21)80)91-46-22(54-12(2)62)29(70)41(18(8-60)87-46)92-51-38(79)43(93-49-35(76)31(72)24(65)15(5-57)85-49)27(68)20(89-51)10-82-48-37(78)42(26(67)19(88-48)9-81-47-34(75)30(71)23(64)14(4-56)84-47)94-52-44(32(73)25(66)16(6-58)86-52)95-50-36(77)33(74)39(90-50)13(63)3-55/h13-52,55-60,63-80H,3-10H2,1-2H3,(H,53,61)(H,54,62)/t13-,14-,15-,16-,17-,18-,19-,20-,21-,22-,23-,24-,25-,26-,27-,28-,29-,30+,31+,32+,33-,34+,35+,36-,37+,38+,39+,40-,41-,42+,43+,44+,45-,46+,47+,48+,49-,50-,51+,52-/m1/s1. The van der Waals surface area contributed by atoms with Crippen LogP contribution in [-0.4, -0.2) is 433 Å². The number of carbonyl (C=O) groups excluding carboxylic acids is 2. The molecule has 8 rings (SSSR count). The van der Waals surface area contributed by atoms with E-state index in [1.807, 2.05) is 0 Å². The summed E-state index contributed by atoms with van der Waals surface area (Å²) in [6.45, 7) is -6.24. The molecule has 8 heterocycles. The molecule has 0 aliphatic carbocycles. The molecule has 43 nitrogen and oxygen atoms in total. The van der Waals surface area contributed by atoms with E-state index in [0.29, 0.717) is 0 Å². The molecule has 0 aromatic carbocycles. The molecule has 26 N–H and O–H groups in total. The molecule has 8 saturated heterocycles. The van der Waals surface area contributed by atoms with Gasteiger partial charge in [-0.2, -0.15) is 0 Å². The highest BCUT2D eigenvalue weighted by atomic mass is 16.8. The summed E-state index contributed by atoms with van der Waals surface area (Å²) in [5, 5.41) is 265. The van der Waals surface area contributed by atoms with Gasteiger partial charge >= 0.3 is 0 Å². The first-order chi connectivity index (χ1) is 44.9. The molecule has 8 aliphatic heterocycles. The molecule has 0 unspecified atom stereocenters. The number of ether oxygens (including phenoxy) is 15. The molecular formula is C52H88N2O41. The summed E-state index contributed by atoms with van der Waals surface area (Å²) >= 11 is 0. The zero-order valence-corrected chi connectivity index (χ0v) is 50.4. The number of aliphatic hydroxyl groups is 24. The van der Waals surface area contributed by atoms with Gasteiger partial charge in [0.15, 0.2) is 50.3 Å². The minimum absolute atomic E-state index is 0.757. The molecule has 95 heavy (non-hydrogen) atoms. The molecule has 0 saturated carbocycles. The lowest BCUT2D eigenvalue weighted by molar-refractivity contribution is -0.390. The summed E-state index contributed by atoms with van der Waals surface area (Å²) in [4.78, 5) is 24.8. The molecular weight excluding hydrogens is 1310 g/mol. The quantitative estimate of drug-likeness (QED) is 0.0404. The average molecular weight is 1400 g/mol. The van der Waals surface area contributed by atoms with Crippen LogP contribution in [0.1, 0.15) is 13.8 Å². The molecule has 552 valence electrons. The maximum atomic E-state index is 12.8. The summed E-state index contributed by atoms with van der Waals surface area (Å²) in [6.07, 6.45) is -77.2. The Morgan fingerprint density at radius 2 is 0.674 bits per heavy atom. The Kier molecular flexibility index (Phi) is 27.9. The second-order valence-electron chi connectivity index (χ2n) is 23.9. The highest BCUT2D eigenvalue weighted by Crippen LogP contribution is 2.38. The smallest absolute Gasteiger partial charge is 0.217 e. The number of nitrogens with one attached hydrogen (secondary N) is 2. The van der Waals surface area contributed by atoms with Crippen LogP contribution >= 0.6 is 0 Å². The van der Waals surface area contributed by atoms with Crippen LogP contribution in [0.5, 0.6) is 0 Å². The zero-order chi connectivity index (χ0) is 69.9. The van der Waals surface area contributed by atoms with E-state index in [1.54, 1.807) is 0 Å². The van der Waals surface area contributed by atoms with Gasteiger partial charge in [0, 0.05) is 13.8 Å². The van der Waals surface area contributed by atoms with Crippen LogP contribution in [0, 0.1) is 0 Å². The molecule has 0 radical (unpaired) electrons. The van der Waals surface area contributed by atoms with Crippen molar-refractivity contribution in [3.05, 3.63) is 0 Å². The lowest BCUT2D eigenvalue weighted by atomic mass is 9.94. The van der Waals surface area contributed by atoms with Crippen molar-refractivity contribution >= 4 is 11.8 Å². The van der Waals surface area contributed by atoms with Crippen LogP contribution in [0.25, 0.3) is 0 Å². The van der Waals surface area contributed by atoms with Gasteiger partial charge in [0.25, 0.3) is 0 Å². The Morgan fingerprint density at radius 1 is 0.326 bits per heavy atom. The Morgan fingerprint density at radius 3 is 1.19 bits per heavy atom. The SMILES string of the molecule is CC(=O)N[C@@H]1[C@@H](O)[C@H](O[C@@H]2O[C@H](CO)[C@@H](O[C@@H]3O[C@H](CO[C@H]4O[C@H](CO[C@H]5O[C@H](CO)[C@@H](O)[C@H](O)[C@@H]5O)[C@@H](O)[C@H](O[C@H]5O[C@H](CO)[C@@H](O)[C@H](O)[C@@H]5O[C@H]5O[C@@H]([C@H](O)CO)[C@H](O)[C@H]5O)[C@@H]4O)[C@@H](O)[C@H](O[C@H]4O[C@H](CO)[C@@H](O)[C@H](O)[C@@H]4O)[C@@H]3O)[C@H](O)[C@H]2NC(C)=O)[C@@H](CO)O[C@H]1O. The zero-order valence-electron chi connectivity index (χ0n) is 50.4. The molecule has 2 amide bonds. The molecule has 40 atom stereocenters. The Balaban J connectivity index is 1.10. The minimum atomic E-state index is -2.40. The maximum Gasteiger partial charge on any atom is 0.217 e. The van der Waals surface area contributed by atoms with Gasteiger partial charge in [-0.3, -0.25) is 9.59 Å². The number of rotatable bonds is 25. The van der Waals surface area contributed by atoms with Gasteiger partial charge in [-0.15, -0.1) is 0 Å². The van der Waals surface area contributed by atoms with E-state index in [0.717, 1.165) is 13.8 Å². The van der Waals surface area contributed by atoms with Crippen LogP contribution in [0.15, 0.2) is 0 Å². The highest BCUT2D eigenvalue weighted by molar-refractivity contribution is 5.73. The topological polar surface area (TPSA) is 682 Å². The van der Waals surface area contributed by atoms with Crippen molar-refractivity contribution in [1.29, 1.82) is 0 Å². The van der Waals surface area contributed by atoms with E-state index in [1.165, 1.54) is 0 Å². The monoisotopic (exact) mass is 1400 g/mol. The third-order valence-electron chi connectivity index (χ3n) is 17.4. The van der Waals surface area contributed by atoms with Crippen molar-refractivity contribution in [3.8, 4) is 0 Å². The Labute approximate surface area is 536 Å². The van der Waals surface area contributed by atoms with Gasteiger partial charge in [0.1, 0.15) is 195 Å². The van der Waals surface area contributed by atoms with Crippen molar-refractivity contribution in [2.45, 2.75) is 259 Å². The fourth-order valence-electron chi connectivity index (χ4n) is 12.1. The second kappa shape index (κ2) is 33.9. The van der Waals surface area contributed by atoms with Crippen molar-refractivity contribution in [3.63, 3.8) is 0 Å². The predicted molar refractivity (Wildman–Crippen MR) is 288 cm³/mol. The first-order valence-corrected chi connectivity index (χ1v) is 30.1. The van der Waals surface area contributed by atoms with Crippen LogP contribution in [0.2, 0.25) is 0 Å². The van der Waals surface area contributed by atoms with Crippen molar-refractivity contribution in [2.75, 3.05) is 52.9 Å². The van der Waals surface area contributed by atoms with Crippen molar-refractivity contribution < 1.29 is 203 Å². The van der Waals surface area contributed by atoms with Gasteiger partial charge < -0.3 is 204 Å². The molecule has 0 spiro atoms.